The zero-order valence-corrected chi connectivity index (χ0v) is 9.92. The third-order valence-electron chi connectivity index (χ3n) is 2.33. The molecule has 1 aromatic carbocycles. The summed E-state index contributed by atoms with van der Waals surface area (Å²) in [7, 11) is 0. The van der Waals surface area contributed by atoms with Crippen molar-refractivity contribution in [2.24, 2.45) is 5.73 Å². The maximum absolute atomic E-state index is 11.2. The lowest BCUT2D eigenvalue weighted by Crippen LogP contribution is -2.12. The zero-order chi connectivity index (χ0) is 13.0. The summed E-state index contributed by atoms with van der Waals surface area (Å²) in [5.41, 5.74) is 5.57. The van der Waals surface area contributed by atoms with E-state index in [1.54, 1.807) is 24.3 Å². The molecule has 0 aliphatic heterocycles. The predicted octanol–water partition coefficient (Wildman–Crippen LogP) is 1.31. The Morgan fingerprint density at radius 2 is 2.22 bits per heavy atom. The molecule has 1 amide bonds. The Morgan fingerprint density at radius 1 is 1.44 bits per heavy atom. The first kappa shape index (κ1) is 12.1. The zero-order valence-electron chi connectivity index (χ0n) is 9.92. The summed E-state index contributed by atoms with van der Waals surface area (Å²) in [5.74, 6) is 0.856. The minimum atomic E-state index is -0.537. The highest BCUT2D eigenvalue weighted by Gasteiger charge is 2.10. The number of benzene rings is 1. The molecule has 0 saturated carbocycles. The fraction of sp³-hybridized carbons (Fsp3) is 0.250. The third kappa shape index (κ3) is 2.65. The second-order valence-electron chi connectivity index (χ2n) is 3.61. The molecule has 2 N–H and O–H groups in total. The monoisotopic (exact) mass is 247 g/mol. The van der Waals surface area contributed by atoms with Crippen LogP contribution in [0.5, 0.6) is 5.75 Å². The van der Waals surface area contributed by atoms with Gasteiger partial charge in [0.25, 0.3) is 11.8 Å². The van der Waals surface area contributed by atoms with E-state index in [1.807, 2.05) is 6.92 Å². The minimum absolute atomic E-state index is 0.108. The van der Waals surface area contributed by atoms with E-state index in [4.69, 9.17) is 15.0 Å². The number of carbonyl (C=O) groups excluding carboxylic acids is 1. The Morgan fingerprint density at radius 3 is 2.89 bits per heavy atom. The highest BCUT2D eigenvalue weighted by atomic mass is 16.5. The highest BCUT2D eigenvalue weighted by molar-refractivity contribution is 5.95. The van der Waals surface area contributed by atoms with Gasteiger partial charge in [-0.1, -0.05) is 24.2 Å². The summed E-state index contributed by atoms with van der Waals surface area (Å²) in [6.07, 6.45) is 0.696. The lowest BCUT2D eigenvalue weighted by Gasteiger charge is -2.06. The van der Waals surface area contributed by atoms with Gasteiger partial charge in [0.2, 0.25) is 0 Å². The molecule has 1 aromatic heterocycles. The number of aromatic nitrogens is 2. The number of ether oxygens (including phenoxy) is 1. The van der Waals surface area contributed by atoms with Crippen molar-refractivity contribution in [2.75, 3.05) is 0 Å². The smallest absolute Gasteiger partial charge is 0.264 e. The summed E-state index contributed by atoms with van der Waals surface area (Å²) in [5, 5.41) is 3.75. The molecule has 0 unspecified atom stereocenters. The van der Waals surface area contributed by atoms with Crippen molar-refractivity contribution in [2.45, 2.75) is 20.0 Å². The normalized spacial score (nSPS) is 10.3. The molecule has 0 fully saturated rings. The molecular formula is C12H13N3O3. The lowest BCUT2D eigenvalue weighted by molar-refractivity contribution is 0.0995. The third-order valence-corrected chi connectivity index (χ3v) is 2.33. The van der Waals surface area contributed by atoms with Gasteiger partial charge in [0.1, 0.15) is 5.75 Å². The molecule has 6 heteroatoms. The molecule has 0 spiro atoms. The van der Waals surface area contributed by atoms with Gasteiger partial charge in [-0.05, 0) is 12.1 Å². The van der Waals surface area contributed by atoms with Gasteiger partial charge >= 0.3 is 0 Å². The number of nitrogens with zero attached hydrogens (tertiary/aromatic N) is 2. The van der Waals surface area contributed by atoms with Gasteiger partial charge in [0.05, 0.1) is 5.56 Å². The lowest BCUT2D eigenvalue weighted by atomic mass is 10.2. The fourth-order valence-electron chi connectivity index (χ4n) is 1.43. The average Bonchev–Trinajstić information content (AvgIpc) is 2.84. The molecule has 0 aliphatic carbocycles. The quantitative estimate of drug-likeness (QED) is 0.860. The molecule has 18 heavy (non-hydrogen) atoms. The molecule has 2 rings (SSSR count). The van der Waals surface area contributed by atoms with Crippen LogP contribution >= 0.6 is 0 Å². The number of nitrogens with two attached hydrogens (primary N) is 1. The first-order valence-corrected chi connectivity index (χ1v) is 5.53. The van der Waals surface area contributed by atoms with Crippen molar-refractivity contribution in [3.05, 3.63) is 41.5 Å². The van der Waals surface area contributed by atoms with Crippen molar-refractivity contribution in [1.29, 1.82) is 0 Å². The molecule has 0 radical (unpaired) electrons. The summed E-state index contributed by atoms with van der Waals surface area (Å²) in [4.78, 5) is 15.3. The second-order valence-corrected chi connectivity index (χ2v) is 3.61. The van der Waals surface area contributed by atoms with Crippen LogP contribution in [-0.4, -0.2) is 16.0 Å². The van der Waals surface area contributed by atoms with E-state index < -0.39 is 5.91 Å². The average molecular weight is 247 g/mol. The largest absolute Gasteiger partial charge is 0.483 e. The molecule has 2 aromatic rings. The molecule has 94 valence electrons. The summed E-state index contributed by atoms with van der Waals surface area (Å²) >= 11 is 0. The Labute approximate surface area is 104 Å². The van der Waals surface area contributed by atoms with Crippen molar-refractivity contribution in [1.82, 2.24) is 10.1 Å². The van der Waals surface area contributed by atoms with Gasteiger partial charge in [0, 0.05) is 6.42 Å². The Bertz CT molecular complexity index is 551. The molecule has 6 nitrogen and oxygen atoms in total. The highest BCUT2D eigenvalue weighted by Crippen LogP contribution is 2.18. The maximum atomic E-state index is 11.2. The van der Waals surface area contributed by atoms with Crippen LogP contribution in [0.15, 0.2) is 28.8 Å². The van der Waals surface area contributed by atoms with E-state index in [0.717, 1.165) is 0 Å². The Balaban J connectivity index is 2.08. The van der Waals surface area contributed by atoms with E-state index in [1.165, 1.54) is 0 Å². The number of carbonyl (C=O) groups is 1. The first-order chi connectivity index (χ1) is 8.70. The number of aryl methyl sites for hydroxylation is 1. The molecule has 0 atom stereocenters. The standard InChI is InChI=1S/C12H13N3O3/c1-2-10-14-11(18-15-10)7-17-9-6-4-3-5-8(9)12(13)16/h3-6H,2,7H2,1H3,(H2,13,16). The number of para-hydroxylation sites is 1. The van der Waals surface area contributed by atoms with Gasteiger partial charge in [-0.3, -0.25) is 4.79 Å². The van der Waals surface area contributed by atoms with Crippen LogP contribution in [0, 0.1) is 0 Å². The maximum Gasteiger partial charge on any atom is 0.264 e. The van der Waals surface area contributed by atoms with Crippen molar-refractivity contribution >= 4 is 5.91 Å². The van der Waals surface area contributed by atoms with Crippen molar-refractivity contribution in [3.63, 3.8) is 0 Å². The number of primary amides is 1. The van der Waals surface area contributed by atoms with Gasteiger partial charge in [-0.25, -0.2) is 0 Å². The minimum Gasteiger partial charge on any atom is -0.483 e. The van der Waals surface area contributed by atoms with E-state index >= 15 is 0 Å². The fourth-order valence-corrected chi connectivity index (χ4v) is 1.43. The van der Waals surface area contributed by atoms with Gasteiger partial charge in [-0.2, -0.15) is 4.98 Å². The number of hydrogen-bond donors (Lipinski definition) is 1. The number of rotatable bonds is 5. The van der Waals surface area contributed by atoms with Crippen LogP contribution in [0.25, 0.3) is 0 Å². The topological polar surface area (TPSA) is 91.2 Å². The molecule has 0 bridgehead atoms. The summed E-state index contributed by atoms with van der Waals surface area (Å²) in [6.45, 7) is 2.04. The van der Waals surface area contributed by atoms with Crippen molar-refractivity contribution in [3.8, 4) is 5.75 Å². The first-order valence-electron chi connectivity index (χ1n) is 5.53. The molecule has 1 heterocycles. The summed E-state index contributed by atoms with van der Waals surface area (Å²) in [6, 6.07) is 6.74. The predicted molar refractivity (Wildman–Crippen MR) is 63.0 cm³/mol. The van der Waals surface area contributed by atoms with Crippen LogP contribution in [0.3, 0.4) is 0 Å². The molecule has 0 aliphatic rings. The van der Waals surface area contributed by atoms with Gasteiger partial charge < -0.3 is 15.0 Å². The van der Waals surface area contributed by atoms with Crippen LogP contribution in [-0.2, 0) is 13.0 Å². The van der Waals surface area contributed by atoms with Crippen LogP contribution in [0.1, 0.15) is 29.0 Å². The SMILES string of the molecule is CCc1noc(COc2ccccc2C(N)=O)n1. The van der Waals surface area contributed by atoms with Crippen LogP contribution < -0.4 is 10.5 Å². The second kappa shape index (κ2) is 5.31. The molecular weight excluding hydrogens is 234 g/mol. The van der Waals surface area contributed by atoms with Crippen LogP contribution in [0.4, 0.5) is 0 Å². The van der Waals surface area contributed by atoms with E-state index in [-0.39, 0.29) is 6.61 Å². The van der Waals surface area contributed by atoms with Gasteiger partial charge in [0.15, 0.2) is 12.4 Å². The number of amides is 1. The summed E-state index contributed by atoms with van der Waals surface area (Å²) < 4.78 is 10.4. The van der Waals surface area contributed by atoms with E-state index in [2.05, 4.69) is 10.1 Å². The van der Waals surface area contributed by atoms with Crippen molar-refractivity contribution < 1.29 is 14.1 Å². The van der Waals surface area contributed by atoms with Crippen LogP contribution in [0.2, 0.25) is 0 Å². The van der Waals surface area contributed by atoms with Gasteiger partial charge in [-0.15, -0.1) is 0 Å². The Hall–Kier alpha value is -2.37. The molecule has 0 saturated heterocycles. The number of hydrogen-bond acceptors (Lipinski definition) is 5. The van der Waals surface area contributed by atoms with E-state index in [9.17, 15) is 4.79 Å². The van der Waals surface area contributed by atoms with E-state index in [0.29, 0.717) is 29.4 Å². The Kier molecular flexibility index (Phi) is 3.57.